The van der Waals surface area contributed by atoms with Gasteiger partial charge in [-0.3, -0.25) is 4.68 Å². The molecule has 1 N–H and O–H groups in total. The predicted octanol–water partition coefficient (Wildman–Crippen LogP) is 4.38. The molecule has 32 heavy (non-hydrogen) atoms. The summed E-state index contributed by atoms with van der Waals surface area (Å²) in [6, 6.07) is 5.70. The summed E-state index contributed by atoms with van der Waals surface area (Å²) in [5.74, 6) is 0.488. The van der Waals surface area contributed by atoms with Crippen molar-refractivity contribution in [1.29, 1.82) is 0 Å². The molecule has 0 saturated heterocycles. The van der Waals surface area contributed by atoms with Crippen LogP contribution in [-0.4, -0.2) is 41.3 Å². The van der Waals surface area contributed by atoms with E-state index in [1.165, 1.54) is 6.20 Å². The maximum absolute atomic E-state index is 12.8. The number of alkyl halides is 2. The van der Waals surface area contributed by atoms with Crippen molar-refractivity contribution >= 4 is 16.7 Å². The van der Waals surface area contributed by atoms with Gasteiger partial charge in [-0.15, -0.1) is 5.10 Å². The van der Waals surface area contributed by atoms with Crippen LogP contribution in [0.25, 0.3) is 22.3 Å². The van der Waals surface area contributed by atoms with E-state index in [0.29, 0.717) is 28.6 Å². The third-order valence-electron chi connectivity index (χ3n) is 4.86. The van der Waals surface area contributed by atoms with Crippen LogP contribution < -0.4 is 10.1 Å². The molecule has 0 aliphatic carbocycles. The molecular formula is C21H24F2N8O. The topological polar surface area (TPSA) is 95.6 Å². The fourth-order valence-electron chi connectivity index (χ4n) is 3.44. The highest BCUT2D eigenvalue weighted by atomic mass is 19.3. The Labute approximate surface area is 183 Å². The van der Waals surface area contributed by atoms with Crippen molar-refractivity contribution in [3.63, 3.8) is 0 Å². The largest absolute Gasteiger partial charge is 0.477 e. The molecule has 11 heteroatoms. The molecule has 0 aromatic carbocycles. The SMILES string of the molecule is CCOc1ncccc1-c1cc(NCc2cn(C(F)F)nn2)c2c(n1)c(C)nn2C(C)C. The predicted molar refractivity (Wildman–Crippen MR) is 116 cm³/mol. The van der Waals surface area contributed by atoms with Gasteiger partial charge >= 0.3 is 6.55 Å². The minimum absolute atomic E-state index is 0.0940. The molecular weight excluding hydrogens is 418 g/mol. The number of hydrogen-bond acceptors (Lipinski definition) is 7. The van der Waals surface area contributed by atoms with Crippen molar-refractivity contribution in [2.75, 3.05) is 11.9 Å². The second-order valence-electron chi connectivity index (χ2n) is 7.49. The third-order valence-corrected chi connectivity index (χ3v) is 4.86. The fourth-order valence-corrected chi connectivity index (χ4v) is 3.44. The van der Waals surface area contributed by atoms with E-state index in [4.69, 9.17) is 9.72 Å². The Balaban J connectivity index is 1.81. The molecule has 4 aromatic rings. The zero-order valence-electron chi connectivity index (χ0n) is 18.3. The second kappa shape index (κ2) is 8.85. The lowest BCUT2D eigenvalue weighted by atomic mass is 10.1. The van der Waals surface area contributed by atoms with Gasteiger partial charge in [0, 0.05) is 12.2 Å². The van der Waals surface area contributed by atoms with Gasteiger partial charge in [-0.25, -0.2) is 9.97 Å². The molecule has 0 aliphatic heterocycles. The molecule has 168 valence electrons. The Hall–Kier alpha value is -3.63. The smallest absolute Gasteiger partial charge is 0.334 e. The maximum Gasteiger partial charge on any atom is 0.334 e. The Kier molecular flexibility index (Phi) is 5.97. The average Bonchev–Trinajstić information content (AvgIpc) is 3.38. The number of hydrogen-bond donors (Lipinski definition) is 1. The summed E-state index contributed by atoms with van der Waals surface area (Å²) in [5, 5.41) is 15.2. The minimum atomic E-state index is -2.73. The Morgan fingerprint density at radius 3 is 2.75 bits per heavy atom. The fraction of sp³-hybridized carbons (Fsp3) is 0.381. The number of nitrogens with zero attached hydrogens (tertiary/aromatic N) is 7. The van der Waals surface area contributed by atoms with E-state index in [0.717, 1.165) is 28.0 Å². The molecule has 0 atom stereocenters. The molecule has 0 spiro atoms. The zero-order chi connectivity index (χ0) is 22.8. The average molecular weight is 442 g/mol. The maximum atomic E-state index is 12.8. The first-order valence-corrected chi connectivity index (χ1v) is 10.3. The molecule has 4 aromatic heterocycles. The van der Waals surface area contributed by atoms with Crippen LogP contribution >= 0.6 is 0 Å². The molecule has 0 saturated carbocycles. The van der Waals surface area contributed by atoms with E-state index in [1.54, 1.807) is 6.20 Å². The molecule has 0 amide bonds. The Morgan fingerprint density at radius 2 is 2.06 bits per heavy atom. The first-order valence-electron chi connectivity index (χ1n) is 10.3. The summed E-state index contributed by atoms with van der Waals surface area (Å²) in [4.78, 5) is 9.19. The first-order chi connectivity index (χ1) is 15.4. The van der Waals surface area contributed by atoms with Crippen molar-refractivity contribution in [2.45, 2.75) is 46.8 Å². The van der Waals surface area contributed by atoms with Gasteiger partial charge in [-0.2, -0.15) is 18.6 Å². The van der Waals surface area contributed by atoms with E-state index >= 15 is 0 Å². The summed E-state index contributed by atoms with van der Waals surface area (Å²) in [5.41, 5.74) is 4.89. The first kappa shape index (κ1) is 21.6. The standard InChI is InChI=1S/C21H24F2N8O/c1-5-32-20-15(7-6-8-24-20)16-9-17(25-10-14-11-30(21(22)23)29-27-14)19-18(26-16)13(4)28-31(19)12(2)3/h6-9,11-12,21H,5,10H2,1-4H3,(H,25,26). The number of halogens is 2. The van der Waals surface area contributed by atoms with Crippen LogP contribution in [0.4, 0.5) is 14.5 Å². The van der Waals surface area contributed by atoms with E-state index < -0.39 is 6.55 Å². The van der Waals surface area contributed by atoms with Crippen molar-refractivity contribution in [2.24, 2.45) is 0 Å². The van der Waals surface area contributed by atoms with Crippen molar-refractivity contribution < 1.29 is 13.5 Å². The van der Waals surface area contributed by atoms with Crippen molar-refractivity contribution in [1.82, 2.24) is 34.7 Å². The lowest BCUT2D eigenvalue weighted by molar-refractivity contribution is 0.0546. The highest BCUT2D eigenvalue weighted by molar-refractivity contribution is 5.93. The van der Waals surface area contributed by atoms with Gasteiger partial charge in [0.05, 0.1) is 42.0 Å². The third kappa shape index (κ3) is 4.10. The lowest BCUT2D eigenvalue weighted by Crippen LogP contribution is -2.07. The minimum Gasteiger partial charge on any atom is -0.477 e. The molecule has 0 aliphatic rings. The number of ether oxygens (including phenoxy) is 1. The van der Waals surface area contributed by atoms with E-state index in [-0.39, 0.29) is 12.6 Å². The van der Waals surface area contributed by atoms with Gasteiger partial charge in [0.15, 0.2) is 0 Å². The highest BCUT2D eigenvalue weighted by Gasteiger charge is 2.20. The van der Waals surface area contributed by atoms with Gasteiger partial charge in [0.1, 0.15) is 16.7 Å². The molecule has 0 radical (unpaired) electrons. The summed E-state index contributed by atoms with van der Waals surface area (Å²) >= 11 is 0. The number of anilines is 1. The Morgan fingerprint density at radius 1 is 1.25 bits per heavy atom. The molecule has 0 unspecified atom stereocenters. The van der Waals surface area contributed by atoms with Crippen LogP contribution in [0.15, 0.2) is 30.6 Å². The van der Waals surface area contributed by atoms with Gasteiger partial charge in [-0.05, 0) is 45.9 Å². The van der Waals surface area contributed by atoms with Crippen LogP contribution in [0.3, 0.4) is 0 Å². The highest BCUT2D eigenvalue weighted by Crippen LogP contribution is 2.34. The van der Waals surface area contributed by atoms with Crippen LogP contribution in [-0.2, 0) is 6.54 Å². The second-order valence-corrected chi connectivity index (χ2v) is 7.49. The monoisotopic (exact) mass is 442 g/mol. The summed E-state index contributed by atoms with van der Waals surface area (Å²) in [6.45, 7) is 5.82. The van der Waals surface area contributed by atoms with Gasteiger partial charge in [-0.1, -0.05) is 5.21 Å². The number of fused-ring (bicyclic) bond motifs is 1. The van der Waals surface area contributed by atoms with E-state index in [1.807, 2.05) is 50.6 Å². The summed E-state index contributed by atoms with van der Waals surface area (Å²) < 4.78 is 33.8. The zero-order valence-corrected chi connectivity index (χ0v) is 18.3. The summed E-state index contributed by atoms with van der Waals surface area (Å²) in [6.07, 6.45) is 2.89. The van der Waals surface area contributed by atoms with E-state index in [2.05, 4.69) is 25.7 Å². The molecule has 4 rings (SSSR count). The Bertz CT molecular complexity index is 1230. The van der Waals surface area contributed by atoms with Gasteiger partial charge in [0.2, 0.25) is 5.88 Å². The summed E-state index contributed by atoms with van der Waals surface area (Å²) in [7, 11) is 0. The van der Waals surface area contributed by atoms with Crippen LogP contribution in [0.5, 0.6) is 5.88 Å². The number of rotatable bonds is 8. The number of aromatic nitrogens is 7. The molecule has 0 fully saturated rings. The number of nitrogens with one attached hydrogen (secondary N) is 1. The number of pyridine rings is 2. The van der Waals surface area contributed by atoms with Crippen LogP contribution in [0.1, 0.15) is 44.8 Å². The molecule has 9 nitrogen and oxygen atoms in total. The molecule has 0 bridgehead atoms. The van der Waals surface area contributed by atoms with Crippen molar-refractivity contribution in [3.8, 4) is 17.1 Å². The van der Waals surface area contributed by atoms with Gasteiger partial charge < -0.3 is 10.1 Å². The molecule has 4 heterocycles. The number of aryl methyl sites for hydroxylation is 1. The van der Waals surface area contributed by atoms with Gasteiger partial charge in [0.25, 0.3) is 0 Å². The van der Waals surface area contributed by atoms with Crippen LogP contribution in [0.2, 0.25) is 0 Å². The lowest BCUT2D eigenvalue weighted by Gasteiger charge is -2.14. The van der Waals surface area contributed by atoms with Crippen LogP contribution in [0, 0.1) is 6.92 Å². The normalized spacial score (nSPS) is 11.6. The van der Waals surface area contributed by atoms with Crippen molar-refractivity contribution in [3.05, 3.63) is 42.0 Å². The van der Waals surface area contributed by atoms with E-state index in [9.17, 15) is 8.78 Å². The quantitative estimate of drug-likeness (QED) is 0.433.